The number of pyridine rings is 2. The third-order valence-corrected chi connectivity index (χ3v) is 7.73. The standard InChI is InChI=1S/C25H27ClN6O/c1-14-23-16(11-31(3)29-23)7-19(24(14)33)21-9-20(26)18-8-17(10-27-25(18)28-21)32-12-15-5-4-6-30(2)22(15)13-32/h7-11,15,22,33H,4-6,12-13H2,1-3H3/t15-,22+/m1/s1. The van der Waals surface area contributed by atoms with Crippen molar-refractivity contribution in [2.24, 2.45) is 13.0 Å². The van der Waals surface area contributed by atoms with Crippen molar-refractivity contribution >= 4 is 39.2 Å². The van der Waals surface area contributed by atoms with Gasteiger partial charge in [-0.3, -0.25) is 4.68 Å². The molecule has 2 aliphatic rings. The number of fused-ring (bicyclic) bond motifs is 3. The van der Waals surface area contributed by atoms with E-state index in [-0.39, 0.29) is 5.75 Å². The average Bonchev–Trinajstić information content (AvgIpc) is 3.40. The largest absolute Gasteiger partial charge is 0.507 e. The van der Waals surface area contributed by atoms with Gasteiger partial charge in [-0.1, -0.05) is 11.6 Å². The van der Waals surface area contributed by atoms with E-state index in [9.17, 15) is 5.11 Å². The van der Waals surface area contributed by atoms with Gasteiger partial charge < -0.3 is 14.9 Å². The summed E-state index contributed by atoms with van der Waals surface area (Å²) in [6.45, 7) is 5.13. The first kappa shape index (κ1) is 20.7. The summed E-state index contributed by atoms with van der Waals surface area (Å²) in [5, 5.41) is 17.7. The Hall–Kier alpha value is -2.90. The van der Waals surface area contributed by atoms with Crippen LogP contribution in [-0.4, -0.2) is 62.5 Å². The molecular weight excluding hydrogens is 436 g/mol. The first-order chi connectivity index (χ1) is 15.9. The maximum absolute atomic E-state index is 10.9. The first-order valence-electron chi connectivity index (χ1n) is 11.5. The molecule has 0 bridgehead atoms. The zero-order chi connectivity index (χ0) is 22.9. The molecule has 2 fully saturated rings. The fourth-order valence-corrected chi connectivity index (χ4v) is 5.86. The maximum Gasteiger partial charge on any atom is 0.161 e. The van der Waals surface area contributed by atoms with Crippen LogP contribution in [0.4, 0.5) is 5.69 Å². The van der Waals surface area contributed by atoms with E-state index in [1.807, 2.05) is 38.5 Å². The molecule has 0 saturated carbocycles. The predicted molar refractivity (Wildman–Crippen MR) is 132 cm³/mol. The highest BCUT2D eigenvalue weighted by Gasteiger charge is 2.37. The number of benzene rings is 1. The van der Waals surface area contributed by atoms with Crippen LogP contribution in [0.15, 0.2) is 30.6 Å². The predicted octanol–water partition coefficient (Wildman–Crippen LogP) is 4.38. The highest BCUT2D eigenvalue weighted by Crippen LogP contribution is 2.39. The van der Waals surface area contributed by atoms with Crippen LogP contribution in [0.3, 0.4) is 0 Å². The number of hydrogen-bond donors (Lipinski definition) is 1. The molecule has 0 unspecified atom stereocenters. The molecule has 1 N–H and O–H groups in total. The Labute approximate surface area is 197 Å². The molecule has 0 aliphatic carbocycles. The topological polar surface area (TPSA) is 70.3 Å². The second-order valence-electron chi connectivity index (χ2n) is 9.55. The van der Waals surface area contributed by atoms with Gasteiger partial charge in [-0.2, -0.15) is 5.10 Å². The van der Waals surface area contributed by atoms with Crippen LogP contribution in [0.25, 0.3) is 33.2 Å². The fourth-order valence-electron chi connectivity index (χ4n) is 5.62. The van der Waals surface area contributed by atoms with Crippen LogP contribution in [-0.2, 0) is 7.05 Å². The minimum Gasteiger partial charge on any atom is -0.507 e. The van der Waals surface area contributed by atoms with E-state index in [0.717, 1.165) is 40.6 Å². The molecule has 0 spiro atoms. The summed E-state index contributed by atoms with van der Waals surface area (Å²) >= 11 is 6.75. The average molecular weight is 463 g/mol. The zero-order valence-corrected chi connectivity index (χ0v) is 19.8. The van der Waals surface area contributed by atoms with Crippen LogP contribution in [0.2, 0.25) is 5.02 Å². The van der Waals surface area contributed by atoms with E-state index in [0.29, 0.717) is 33.9 Å². The summed E-state index contributed by atoms with van der Waals surface area (Å²) in [7, 11) is 4.11. The molecular formula is C25H27ClN6O. The number of piperidine rings is 1. The Bertz CT molecular complexity index is 1400. The summed E-state index contributed by atoms with van der Waals surface area (Å²) < 4.78 is 1.75. The summed E-state index contributed by atoms with van der Waals surface area (Å²) in [5.74, 6) is 0.883. The normalized spacial score (nSPS) is 21.3. The van der Waals surface area contributed by atoms with Crippen LogP contribution in [0.5, 0.6) is 5.75 Å². The Morgan fingerprint density at radius 1 is 1.15 bits per heavy atom. The number of rotatable bonds is 2. The number of phenols is 1. The van der Waals surface area contributed by atoms with Crippen molar-refractivity contribution in [2.45, 2.75) is 25.8 Å². The van der Waals surface area contributed by atoms with E-state index < -0.39 is 0 Å². The molecule has 170 valence electrons. The van der Waals surface area contributed by atoms with Gasteiger partial charge >= 0.3 is 0 Å². The number of hydrogen-bond acceptors (Lipinski definition) is 6. The number of aryl methyl sites for hydroxylation is 2. The number of halogens is 1. The second-order valence-corrected chi connectivity index (χ2v) is 9.95. The van der Waals surface area contributed by atoms with E-state index >= 15 is 0 Å². The van der Waals surface area contributed by atoms with E-state index in [2.05, 4.69) is 33.0 Å². The van der Waals surface area contributed by atoms with Gasteiger partial charge in [0, 0.05) is 54.3 Å². The fraction of sp³-hybridized carbons (Fsp3) is 0.400. The molecule has 0 amide bonds. The van der Waals surface area contributed by atoms with E-state index in [1.165, 1.54) is 19.4 Å². The SMILES string of the molecule is Cc1c(O)c(-c2cc(Cl)c3cc(N4C[C@H]5CCCN(C)[C@H]5C4)cnc3n2)cc2cn(C)nc12. The van der Waals surface area contributed by atoms with Crippen molar-refractivity contribution in [1.29, 1.82) is 0 Å². The number of aromatic nitrogens is 4. The van der Waals surface area contributed by atoms with Gasteiger partial charge in [-0.25, -0.2) is 9.97 Å². The monoisotopic (exact) mass is 462 g/mol. The molecule has 2 atom stereocenters. The van der Waals surface area contributed by atoms with E-state index in [1.54, 1.807) is 4.68 Å². The Balaban J connectivity index is 1.39. The molecule has 4 aromatic rings. The van der Waals surface area contributed by atoms with Gasteiger partial charge in [0.05, 0.1) is 28.1 Å². The van der Waals surface area contributed by atoms with Crippen molar-refractivity contribution in [3.8, 4) is 17.0 Å². The minimum atomic E-state index is 0.171. The van der Waals surface area contributed by atoms with Crippen LogP contribution in [0, 0.1) is 12.8 Å². The molecule has 2 saturated heterocycles. The molecule has 7 nitrogen and oxygen atoms in total. The third kappa shape index (κ3) is 3.33. The van der Waals surface area contributed by atoms with Crippen molar-refractivity contribution in [3.05, 3.63) is 41.2 Å². The lowest BCUT2D eigenvalue weighted by atomic mass is 9.93. The minimum absolute atomic E-state index is 0.171. The molecule has 5 heterocycles. The number of aromatic hydroxyl groups is 1. The molecule has 0 radical (unpaired) electrons. The van der Waals surface area contributed by atoms with Gasteiger partial charge in [0.1, 0.15) is 5.75 Å². The molecule has 6 rings (SSSR count). The molecule has 3 aromatic heterocycles. The lowest BCUT2D eigenvalue weighted by Gasteiger charge is -2.33. The summed E-state index contributed by atoms with van der Waals surface area (Å²) in [6.07, 6.45) is 6.41. The Morgan fingerprint density at radius 2 is 2.00 bits per heavy atom. The summed E-state index contributed by atoms with van der Waals surface area (Å²) in [5.41, 5.74) is 4.42. The zero-order valence-electron chi connectivity index (χ0n) is 19.1. The van der Waals surface area contributed by atoms with Crippen molar-refractivity contribution in [2.75, 3.05) is 31.6 Å². The second kappa shape index (κ2) is 7.57. The molecule has 1 aromatic carbocycles. The number of likely N-dealkylation sites (N-methyl/N-ethyl adjacent to an activating group) is 1. The number of likely N-dealkylation sites (tertiary alicyclic amines) is 1. The molecule has 8 heteroatoms. The third-order valence-electron chi connectivity index (χ3n) is 7.42. The number of phenolic OH excluding ortho intramolecular Hbond substituents is 1. The van der Waals surface area contributed by atoms with Crippen LogP contribution in [0.1, 0.15) is 18.4 Å². The van der Waals surface area contributed by atoms with Gasteiger partial charge in [-0.05, 0) is 57.5 Å². The van der Waals surface area contributed by atoms with Crippen LogP contribution >= 0.6 is 11.6 Å². The van der Waals surface area contributed by atoms with Gasteiger partial charge in [-0.15, -0.1) is 0 Å². The number of nitrogens with zero attached hydrogens (tertiary/aromatic N) is 6. The van der Waals surface area contributed by atoms with Gasteiger partial charge in [0.25, 0.3) is 0 Å². The van der Waals surface area contributed by atoms with Gasteiger partial charge in [0.15, 0.2) is 5.65 Å². The van der Waals surface area contributed by atoms with Crippen molar-refractivity contribution in [3.63, 3.8) is 0 Å². The lowest BCUT2D eigenvalue weighted by Crippen LogP contribution is -2.42. The maximum atomic E-state index is 10.9. The Kier molecular flexibility index (Phi) is 4.74. The molecule has 33 heavy (non-hydrogen) atoms. The lowest BCUT2D eigenvalue weighted by molar-refractivity contribution is 0.158. The summed E-state index contributed by atoms with van der Waals surface area (Å²) in [6, 6.07) is 6.45. The smallest absolute Gasteiger partial charge is 0.161 e. The van der Waals surface area contributed by atoms with Crippen molar-refractivity contribution < 1.29 is 5.11 Å². The van der Waals surface area contributed by atoms with E-state index in [4.69, 9.17) is 16.6 Å². The number of anilines is 1. The molecule has 2 aliphatic heterocycles. The quantitative estimate of drug-likeness (QED) is 0.476. The Morgan fingerprint density at radius 3 is 2.82 bits per heavy atom. The highest BCUT2D eigenvalue weighted by atomic mass is 35.5. The summed E-state index contributed by atoms with van der Waals surface area (Å²) in [4.78, 5) is 14.4. The van der Waals surface area contributed by atoms with Crippen LogP contribution < -0.4 is 4.90 Å². The highest BCUT2D eigenvalue weighted by molar-refractivity contribution is 6.35. The van der Waals surface area contributed by atoms with Gasteiger partial charge in [0.2, 0.25) is 0 Å². The van der Waals surface area contributed by atoms with Crippen molar-refractivity contribution in [1.82, 2.24) is 24.6 Å². The first-order valence-corrected chi connectivity index (χ1v) is 11.8.